The summed E-state index contributed by atoms with van der Waals surface area (Å²) in [6, 6.07) is 6.15. The van der Waals surface area contributed by atoms with E-state index in [0.29, 0.717) is 24.6 Å². The third kappa shape index (κ3) is 3.96. The van der Waals surface area contributed by atoms with Crippen molar-refractivity contribution in [1.82, 2.24) is 9.88 Å². The number of amides is 1. The lowest BCUT2D eigenvalue weighted by atomic mass is 9.98. The lowest BCUT2D eigenvalue weighted by Gasteiger charge is -2.38. The van der Waals surface area contributed by atoms with E-state index in [1.807, 2.05) is 4.90 Å². The Hall–Kier alpha value is -2.21. The van der Waals surface area contributed by atoms with Crippen LogP contribution in [0.1, 0.15) is 56.4 Å². The van der Waals surface area contributed by atoms with E-state index in [1.165, 1.54) is 12.1 Å². The summed E-state index contributed by atoms with van der Waals surface area (Å²) < 4.78 is 24.3. The van der Waals surface area contributed by atoms with Crippen molar-refractivity contribution >= 4 is 5.91 Å². The highest BCUT2D eigenvalue weighted by Gasteiger charge is 2.38. The van der Waals surface area contributed by atoms with E-state index in [-0.39, 0.29) is 17.8 Å². The number of nitrogens with zero attached hydrogens (tertiary/aromatic N) is 2. The summed E-state index contributed by atoms with van der Waals surface area (Å²) in [5.74, 6) is 0.949. The predicted molar refractivity (Wildman–Crippen MR) is 95.1 cm³/mol. The van der Waals surface area contributed by atoms with E-state index in [2.05, 4.69) is 4.98 Å². The summed E-state index contributed by atoms with van der Waals surface area (Å²) in [6.45, 7) is 4.22. The zero-order valence-electron chi connectivity index (χ0n) is 15.5. The number of likely N-dealkylation sites (tertiary alicyclic amines) is 1. The molecule has 1 aromatic carbocycles. The van der Waals surface area contributed by atoms with E-state index in [4.69, 9.17) is 9.15 Å². The molecule has 6 heteroatoms. The number of halogens is 1. The van der Waals surface area contributed by atoms with Crippen molar-refractivity contribution in [3.05, 3.63) is 53.5 Å². The molecule has 1 aromatic heterocycles. The number of carbonyl (C=O) groups excluding carboxylic acids is 1. The summed E-state index contributed by atoms with van der Waals surface area (Å²) in [7, 11) is 1.54. The monoisotopic (exact) mass is 360 g/mol. The summed E-state index contributed by atoms with van der Waals surface area (Å²) in [4.78, 5) is 19.1. The molecule has 1 atom stereocenters. The smallest absolute Gasteiger partial charge is 0.254 e. The summed E-state index contributed by atoms with van der Waals surface area (Å²) >= 11 is 0. The van der Waals surface area contributed by atoms with Crippen LogP contribution in [0.15, 0.2) is 34.9 Å². The molecule has 0 radical (unpaired) electrons. The van der Waals surface area contributed by atoms with Crippen LogP contribution >= 0.6 is 0 Å². The van der Waals surface area contributed by atoms with E-state index >= 15 is 0 Å². The van der Waals surface area contributed by atoms with Gasteiger partial charge in [0.05, 0.1) is 6.20 Å². The Morgan fingerprint density at radius 1 is 1.35 bits per heavy atom. The fraction of sp³-hybridized carbons (Fsp3) is 0.500. The summed E-state index contributed by atoms with van der Waals surface area (Å²) in [5.41, 5.74) is 0.0743. The second-order valence-corrected chi connectivity index (χ2v) is 7.19. The third-order valence-corrected chi connectivity index (χ3v) is 4.94. The number of carbonyl (C=O) groups is 1. The van der Waals surface area contributed by atoms with Crippen LogP contribution in [0.2, 0.25) is 0 Å². The molecule has 1 aliphatic rings. The van der Waals surface area contributed by atoms with E-state index in [0.717, 1.165) is 24.8 Å². The van der Waals surface area contributed by atoms with Gasteiger partial charge in [0.15, 0.2) is 0 Å². The van der Waals surface area contributed by atoms with Gasteiger partial charge in [0.1, 0.15) is 23.2 Å². The first kappa shape index (κ1) is 18.6. The molecular formula is C20H25FN2O3. The van der Waals surface area contributed by atoms with Crippen LogP contribution in [0.3, 0.4) is 0 Å². The number of oxazole rings is 1. The minimum absolute atomic E-state index is 0.0528. The minimum atomic E-state index is -0.876. The Morgan fingerprint density at radius 2 is 2.08 bits per heavy atom. The largest absolute Gasteiger partial charge is 0.443 e. The highest BCUT2D eigenvalue weighted by Crippen LogP contribution is 2.33. The number of methoxy groups -OCH3 is 1. The molecular weight excluding hydrogens is 335 g/mol. The minimum Gasteiger partial charge on any atom is -0.443 e. The lowest BCUT2D eigenvalue weighted by Crippen LogP contribution is -2.49. The molecule has 2 aromatic rings. The Labute approximate surface area is 153 Å². The molecule has 3 rings (SSSR count). The van der Waals surface area contributed by atoms with Gasteiger partial charge >= 0.3 is 0 Å². The van der Waals surface area contributed by atoms with Gasteiger partial charge < -0.3 is 14.1 Å². The first-order valence-corrected chi connectivity index (χ1v) is 8.96. The van der Waals surface area contributed by atoms with Crippen molar-refractivity contribution in [3.8, 4) is 0 Å². The Morgan fingerprint density at radius 3 is 2.77 bits per heavy atom. The lowest BCUT2D eigenvalue weighted by molar-refractivity contribution is -0.155. The molecule has 0 unspecified atom stereocenters. The van der Waals surface area contributed by atoms with Gasteiger partial charge in [-0.3, -0.25) is 4.79 Å². The number of rotatable bonds is 5. The van der Waals surface area contributed by atoms with Gasteiger partial charge in [-0.1, -0.05) is 12.1 Å². The van der Waals surface area contributed by atoms with Crippen molar-refractivity contribution in [2.24, 2.45) is 0 Å². The quantitative estimate of drug-likeness (QED) is 0.812. The van der Waals surface area contributed by atoms with Crippen LogP contribution in [0, 0.1) is 5.82 Å². The van der Waals surface area contributed by atoms with Gasteiger partial charge in [-0.2, -0.15) is 0 Å². The highest BCUT2D eigenvalue weighted by molar-refractivity contribution is 5.84. The molecule has 5 nitrogen and oxygen atoms in total. The molecule has 0 aliphatic carbocycles. The molecule has 26 heavy (non-hydrogen) atoms. The summed E-state index contributed by atoms with van der Waals surface area (Å²) in [6.07, 6.45) is 5.04. The second kappa shape index (κ2) is 7.58. The number of hydrogen-bond acceptors (Lipinski definition) is 4. The standard InChI is InChI=1S/C20H25FN2O3/c1-20(2,25-3)19(24)23-11-5-4-6-17(23)18-22-13-16(26-18)12-14-7-9-15(21)10-8-14/h7-10,13,17H,4-6,11-12H2,1-3H3/t17-/m0/s1. The van der Waals surface area contributed by atoms with Gasteiger partial charge in [0.25, 0.3) is 5.91 Å². The van der Waals surface area contributed by atoms with Crippen molar-refractivity contribution in [2.75, 3.05) is 13.7 Å². The van der Waals surface area contributed by atoms with Gasteiger partial charge in [-0.05, 0) is 50.8 Å². The van der Waals surface area contributed by atoms with Crippen LogP contribution in [0.4, 0.5) is 4.39 Å². The molecule has 1 fully saturated rings. The molecule has 1 saturated heterocycles. The molecule has 0 saturated carbocycles. The third-order valence-electron chi connectivity index (χ3n) is 4.94. The molecule has 0 bridgehead atoms. The van der Waals surface area contributed by atoms with E-state index in [9.17, 15) is 9.18 Å². The van der Waals surface area contributed by atoms with Crippen molar-refractivity contribution in [2.45, 2.75) is 51.2 Å². The topological polar surface area (TPSA) is 55.6 Å². The van der Waals surface area contributed by atoms with Crippen LogP contribution in [0.25, 0.3) is 0 Å². The predicted octanol–water partition coefficient (Wildman–Crippen LogP) is 3.88. The van der Waals surface area contributed by atoms with Crippen molar-refractivity contribution in [1.29, 1.82) is 0 Å². The number of benzene rings is 1. The van der Waals surface area contributed by atoms with Crippen LogP contribution in [-0.4, -0.2) is 35.0 Å². The number of hydrogen-bond donors (Lipinski definition) is 0. The number of ether oxygens (including phenoxy) is 1. The highest BCUT2D eigenvalue weighted by atomic mass is 19.1. The fourth-order valence-corrected chi connectivity index (χ4v) is 3.23. The maximum Gasteiger partial charge on any atom is 0.254 e. The van der Waals surface area contributed by atoms with Gasteiger partial charge in [-0.15, -0.1) is 0 Å². The van der Waals surface area contributed by atoms with E-state index < -0.39 is 5.60 Å². The molecule has 0 spiro atoms. The maximum atomic E-state index is 13.0. The zero-order chi connectivity index (χ0) is 18.7. The number of aromatic nitrogens is 1. The maximum absolute atomic E-state index is 13.0. The zero-order valence-corrected chi connectivity index (χ0v) is 15.5. The Balaban J connectivity index is 1.77. The Kier molecular flexibility index (Phi) is 5.41. The SMILES string of the molecule is COC(C)(C)C(=O)N1CCCC[C@H]1c1ncc(Cc2ccc(F)cc2)o1. The summed E-state index contributed by atoms with van der Waals surface area (Å²) in [5, 5.41) is 0. The number of piperidine rings is 1. The van der Waals surface area contributed by atoms with Gasteiger partial charge in [0, 0.05) is 20.1 Å². The normalized spacial score (nSPS) is 18.2. The first-order chi connectivity index (χ1) is 12.4. The van der Waals surface area contributed by atoms with Crippen LogP contribution < -0.4 is 0 Å². The molecule has 140 valence electrons. The average molecular weight is 360 g/mol. The van der Waals surface area contributed by atoms with Crippen LogP contribution in [0.5, 0.6) is 0 Å². The second-order valence-electron chi connectivity index (χ2n) is 7.19. The van der Waals surface area contributed by atoms with Gasteiger partial charge in [-0.25, -0.2) is 9.37 Å². The molecule has 1 aliphatic heterocycles. The van der Waals surface area contributed by atoms with Crippen molar-refractivity contribution in [3.63, 3.8) is 0 Å². The van der Waals surface area contributed by atoms with Gasteiger partial charge in [0.2, 0.25) is 5.89 Å². The van der Waals surface area contributed by atoms with Crippen molar-refractivity contribution < 1.29 is 18.3 Å². The molecule has 0 N–H and O–H groups in total. The van der Waals surface area contributed by atoms with Crippen LogP contribution in [-0.2, 0) is 16.0 Å². The Bertz CT molecular complexity index is 755. The van der Waals surface area contributed by atoms with E-state index in [1.54, 1.807) is 39.3 Å². The fourth-order valence-electron chi connectivity index (χ4n) is 3.23. The molecule has 2 heterocycles. The first-order valence-electron chi connectivity index (χ1n) is 8.96. The average Bonchev–Trinajstić information content (AvgIpc) is 3.11. The molecule has 1 amide bonds.